The van der Waals surface area contributed by atoms with Crippen LogP contribution < -0.4 is 16.2 Å². The van der Waals surface area contributed by atoms with Gasteiger partial charge < -0.3 is 9.73 Å². The van der Waals surface area contributed by atoms with Gasteiger partial charge in [0.25, 0.3) is 11.8 Å². The van der Waals surface area contributed by atoms with Crippen LogP contribution in [0.4, 0.5) is 0 Å². The number of hydrogen-bond acceptors (Lipinski definition) is 4. The SMILES string of the molecule is CC(C)[C@@H](NC(=O)c1ccc(Br)cc1)C(=O)NNC(=O)c1ccco1. The van der Waals surface area contributed by atoms with Gasteiger partial charge in [-0.1, -0.05) is 29.8 Å². The fourth-order valence-corrected chi connectivity index (χ4v) is 2.29. The number of carbonyl (C=O) groups is 3. The van der Waals surface area contributed by atoms with Gasteiger partial charge in [0.15, 0.2) is 5.76 Å². The number of amides is 3. The normalized spacial score (nSPS) is 11.7. The van der Waals surface area contributed by atoms with Crippen LogP contribution in [0.25, 0.3) is 0 Å². The van der Waals surface area contributed by atoms with Crippen molar-refractivity contribution >= 4 is 33.7 Å². The van der Waals surface area contributed by atoms with Crippen molar-refractivity contribution in [1.82, 2.24) is 16.2 Å². The Morgan fingerprint density at radius 1 is 1.00 bits per heavy atom. The predicted molar refractivity (Wildman–Crippen MR) is 94.6 cm³/mol. The first-order valence-electron chi connectivity index (χ1n) is 7.58. The summed E-state index contributed by atoms with van der Waals surface area (Å²) >= 11 is 3.30. The third kappa shape index (κ3) is 5.18. The highest BCUT2D eigenvalue weighted by atomic mass is 79.9. The maximum atomic E-state index is 12.3. The van der Waals surface area contributed by atoms with Gasteiger partial charge in [0.2, 0.25) is 0 Å². The standard InChI is InChI=1S/C17H18BrN3O4/c1-10(2)14(19-15(22)11-5-7-12(18)8-6-11)17(24)21-20-16(23)13-4-3-9-25-13/h3-10,14H,1-2H3,(H,19,22)(H,20,23)(H,21,24)/t14-/m1/s1. The molecule has 0 aliphatic carbocycles. The molecule has 3 amide bonds. The van der Waals surface area contributed by atoms with Crippen LogP contribution in [0.1, 0.15) is 34.8 Å². The Bertz CT molecular complexity index is 742. The minimum Gasteiger partial charge on any atom is -0.459 e. The Hall–Kier alpha value is -2.61. The Morgan fingerprint density at radius 2 is 1.68 bits per heavy atom. The van der Waals surface area contributed by atoms with E-state index in [0.29, 0.717) is 5.56 Å². The van der Waals surface area contributed by atoms with Crippen LogP contribution in [0.3, 0.4) is 0 Å². The van der Waals surface area contributed by atoms with Crippen molar-refractivity contribution in [3.8, 4) is 0 Å². The van der Waals surface area contributed by atoms with E-state index in [1.54, 1.807) is 44.2 Å². The largest absolute Gasteiger partial charge is 0.459 e. The summed E-state index contributed by atoms with van der Waals surface area (Å²) in [5.41, 5.74) is 4.98. The maximum absolute atomic E-state index is 12.3. The molecule has 132 valence electrons. The molecule has 1 heterocycles. The van der Waals surface area contributed by atoms with Crippen LogP contribution in [0, 0.1) is 5.92 Å². The Kier molecular flexibility index (Phi) is 6.35. The molecule has 1 aromatic carbocycles. The molecule has 0 spiro atoms. The fraction of sp³-hybridized carbons (Fsp3) is 0.235. The first kappa shape index (κ1) is 18.7. The topological polar surface area (TPSA) is 100 Å². The predicted octanol–water partition coefficient (Wildman–Crippen LogP) is 2.26. The van der Waals surface area contributed by atoms with Crippen molar-refractivity contribution in [3.05, 3.63) is 58.5 Å². The van der Waals surface area contributed by atoms with Crippen molar-refractivity contribution < 1.29 is 18.8 Å². The second kappa shape index (κ2) is 8.48. The highest BCUT2D eigenvalue weighted by molar-refractivity contribution is 9.10. The number of hydrazine groups is 1. The van der Waals surface area contributed by atoms with Gasteiger partial charge >= 0.3 is 5.91 Å². The molecule has 0 fully saturated rings. The molecule has 1 atom stereocenters. The van der Waals surface area contributed by atoms with Gasteiger partial charge in [-0.3, -0.25) is 25.2 Å². The lowest BCUT2D eigenvalue weighted by molar-refractivity contribution is -0.124. The van der Waals surface area contributed by atoms with Crippen molar-refractivity contribution in [2.75, 3.05) is 0 Å². The second-order valence-electron chi connectivity index (χ2n) is 5.62. The maximum Gasteiger partial charge on any atom is 0.305 e. The average Bonchev–Trinajstić information content (AvgIpc) is 3.12. The quantitative estimate of drug-likeness (QED) is 0.661. The molecule has 0 radical (unpaired) electrons. The lowest BCUT2D eigenvalue weighted by Crippen LogP contribution is -2.54. The van der Waals surface area contributed by atoms with E-state index < -0.39 is 17.9 Å². The van der Waals surface area contributed by atoms with Crippen LogP contribution in [0.5, 0.6) is 0 Å². The lowest BCUT2D eigenvalue weighted by Gasteiger charge is -2.21. The smallest absolute Gasteiger partial charge is 0.305 e. The molecule has 25 heavy (non-hydrogen) atoms. The molecule has 3 N–H and O–H groups in total. The number of carbonyl (C=O) groups excluding carboxylic acids is 3. The molecule has 8 heteroatoms. The fourth-order valence-electron chi connectivity index (χ4n) is 2.03. The zero-order valence-electron chi connectivity index (χ0n) is 13.7. The minimum atomic E-state index is -0.812. The van der Waals surface area contributed by atoms with Crippen LogP contribution in [-0.4, -0.2) is 23.8 Å². The zero-order valence-corrected chi connectivity index (χ0v) is 15.3. The van der Waals surface area contributed by atoms with E-state index in [2.05, 4.69) is 32.1 Å². The van der Waals surface area contributed by atoms with E-state index in [0.717, 1.165) is 4.47 Å². The summed E-state index contributed by atoms with van der Waals surface area (Å²) in [6.07, 6.45) is 1.35. The number of rotatable bonds is 5. The van der Waals surface area contributed by atoms with Gasteiger partial charge in [-0.2, -0.15) is 0 Å². The zero-order chi connectivity index (χ0) is 18.4. The van der Waals surface area contributed by atoms with Crippen LogP contribution in [0.2, 0.25) is 0 Å². The minimum absolute atomic E-state index is 0.0697. The number of furan rings is 1. The van der Waals surface area contributed by atoms with Gasteiger partial charge in [0.1, 0.15) is 6.04 Å². The number of nitrogens with one attached hydrogen (secondary N) is 3. The average molecular weight is 408 g/mol. The van der Waals surface area contributed by atoms with Crippen LogP contribution >= 0.6 is 15.9 Å². The first-order valence-corrected chi connectivity index (χ1v) is 8.38. The Labute approximate surface area is 153 Å². The summed E-state index contributed by atoms with van der Waals surface area (Å²) in [6.45, 7) is 3.58. The van der Waals surface area contributed by atoms with Crippen molar-refractivity contribution in [1.29, 1.82) is 0 Å². The molecule has 2 rings (SSSR count). The molecule has 0 aliphatic rings. The molecule has 7 nitrogen and oxygen atoms in total. The van der Waals surface area contributed by atoms with Gasteiger partial charge in [-0.15, -0.1) is 0 Å². The highest BCUT2D eigenvalue weighted by Gasteiger charge is 2.25. The molecule has 1 aromatic heterocycles. The highest BCUT2D eigenvalue weighted by Crippen LogP contribution is 2.11. The van der Waals surface area contributed by atoms with Gasteiger partial charge in [-0.25, -0.2) is 0 Å². The van der Waals surface area contributed by atoms with Crippen molar-refractivity contribution in [2.24, 2.45) is 5.92 Å². The first-order chi connectivity index (χ1) is 11.9. The van der Waals surface area contributed by atoms with Crippen LogP contribution in [0.15, 0.2) is 51.6 Å². The summed E-state index contributed by atoms with van der Waals surface area (Å²) < 4.78 is 5.78. The van der Waals surface area contributed by atoms with E-state index in [1.807, 2.05) is 0 Å². The summed E-state index contributed by atoms with van der Waals surface area (Å²) in [4.78, 5) is 36.4. The monoisotopic (exact) mass is 407 g/mol. The molecular formula is C17H18BrN3O4. The van der Waals surface area contributed by atoms with Gasteiger partial charge in [0.05, 0.1) is 6.26 Å². The Balaban J connectivity index is 1.97. The molecule has 0 saturated carbocycles. The molecule has 0 unspecified atom stereocenters. The van der Waals surface area contributed by atoms with Crippen LogP contribution in [-0.2, 0) is 4.79 Å². The summed E-state index contributed by atoms with van der Waals surface area (Å²) in [6, 6.07) is 8.99. The van der Waals surface area contributed by atoms with E-state index >= 15 is 0 Å². The summed E-state index contributed by atoms with van der Waals surface area (Å²) in [7, 11) is 0. The van der Waals surface area contributed by atoms with E-state index in [-0.39, 0.29) is 17.6 Å². The molecule has 0 saturated heterocycles. The van der Waals surface area contributed by atoms with Gasteiger partial charge in [0, 0.05) is 10.0 Å². The number of hydrogen-bond donors (Lipinski definition) is 3. The lowest BCUT2D eigenvalue weighted by atomic mass is 10.0. The van der Waals surface area contributed by atoms with Crippen molar-refractivity contribution in [3.63, 3.8) is 0 Å². The van der Waals surface area contributed by atoms with E-state index in [9.17, 15) is 14.4 Å². The van der Waals surface area contributed by atoms with E-state index in [1.165, 1.54) is 12.3 Å². The van der Waals surface area contributed by atoms with Crippen molar-refractivity contribution in [2.45, 2.75) is 19.9 Å². The summed E-state index contributed by atoms with van der Waals surface area (Å²) in [5, 5.41) is 2.67. The third-order valence-corrected chi connectivity index (χ3v) is 3.92. The number of benzene rings is 1. The van der Waals surface area contributed by atoms with E-state index in [4.69, 9.17) is 4.42 Å². The van der Waals surface area contributed by atoms with Gasteiger partial charge in [-0.05, 0) is 42.3 Å². The second-order valence-corrected chi connectivity index (χ2v) is 6.54. The molecule has 0 bridgehead atoms. The summed E-state index contributed by atoms with van der Waals surface area (Å²) in [5.74, 6) is -1.60. The number of halogens is 1. The molecule has 0 aliphatic heterocycles. The molecular weight excluding hydrogens is 390 g/mol. The Morgan fingerprint density at radius 3 is 2.24 bits per heavy atom. The third-order valence-electron chi connectivity index (χ3n) is 3.39. The molecule has 2 aromatic rings.